The van der Waals surface area contributed by atoms with E-state index in [1.165, 1.54) is 13.4 Å². The second kappa shape index (κ2) is 10.2. The SMILES string of the molecule is CCCc1ccccc1Oc1ncnc(Oc2c(C)cccc2/C(=C\OC)C(=O)O)n1. The summed E-state index contributed by atoms with van der Waals surface area (Å²) in [5.74, 6) is -0.185. The molecule has 0 spiro atoms. The number of rotatable bonds is 9. The van der Waals surface area contributed by atoms with Gasteiger partial charge in [-0.3, -0.25) is 0 Å². The van der Waals surface area contributed by atoms with E-state index in [0.29, 0.717) is 22.6 Å². The molecule has 3 aromatic rings. The smallest absolute Gasteiger partial charge is 0.339 e. The predicted octanol–water partition coefficient (Wildman–Crippen LogP) is 4.79. The summed E-state index contributed by atoms with van der Waals surface area (Å²) in [7, 11) is 1.38. The van der Waals surface area contributed by atoms with E-state index < -0.39 is 5.97 Å². The zero-order chi connectivity index (χ0) is 22.2. The van der Waals surface area contributed by atoms with Crippen LogP contribution in [0.3, 0.4) is 0 Å². The number of carbonyl (C=O) groups is 1. The lowest BCUT2D eigenvalue weighted by Gasteiger charge is -2.13. The number of carboxylic acid groups (broad SMARTS) is 1. The number of benzene rings is 2. The Balaban J connectivity index is 1.92. The van der Waals surface area contributed by atoms with Crippen molar-refractivity contribution < 1.29 is 24.1 Å². The molecule has 1 aromatic heterocycles. The van der Waals surface area contributed by atoms with Crippen LogP contribution < -0.4 is 9.47 Å². The zero-order valence-electron chi connectivity index (χ0n) is 17.5. The van der Waals surface area contributed by atoms with Crippen molar-refractivity contribution in [3.63, 3.8) is 0 Å². The van der Waals surface area contributed by atoms with Crippen LogP contribution >= 0.6 is 0 Å². The minimum Gasteiger partial charge on any atom is -0.503 e. The van der Waals surface area contributed by atoms with Crippen LogP contribution in [0.25, 0.3) is 5.57 Å². The Morgan fingerprint density at radius 2 is 1.81 bits per heavy atom. The number of methoxy groups -OCH3 is 1. The van der Waals surface area contributed by atoms with E-state index in [2.05, 4.69) is 21.9 Å². The molecular formula is C23H23N3O5. The Labute approximate surface area is 180 Å². The number of aromatic nitrogens is 3. The van der Waals surface area contributed by atoms with E-state index in [1.807, 2.05) is 24.3 Å². The fraction of sp³-hybridized carbons (Fsp3) is 0.217. The Hall–Kier alpha value is -3.94. The summed E-state index contributed by atoms with van der Waals surface area (Å²) in [5, 5.41) is 9.55. The van der Waals surface area contributed by atoms with E-state index in [1.54, 1.807) is 25.1 Å². The lowest BCUT2D eigenvalue weighted by atomic mass is 10.0. The Morgan fingerprint density at radius 1 is 1.06 bits per heavy atom. The van der Waals surface area contributed by atoms with Crippen molar-refractivity contribution in [2.75, 3.05) is 7.11 Å². The number of ether oxygens (including phenoxy) is 3. The number of para-hydroxylation sites is 2. The average Bonchev–Trinajstić information content (AvgIpc) is 2.75. The summed E-state index contributed by atoms with van der Waals surface area (Å²) in [6, 6.07) is 12.9. The van der Waals surface area contributed by atoms with Crippen LogP contribution in [0.2, 0.25) is 0 Å². The van der Waals surface area contributed by atoms with Gasteiger partial charge in [0.1, 0.15) is 23.4 Å². The molecule has 0 amide bonds. The molecule has 8 heteroatoms. The maximum atomic E-state index is 11.7. The molecule has 160 valence electrons. The lowest BCUT2D eigenvalue weighted by molar-refractivity contribution is -0.130. The molecule has 1 heterocycles. The van der Waals surface area contributed by atoms with E-state index in [4.69, 9.17) is 14.2 Å². The fourth-order valence-electron chi connectivity index (χ4n) is 2.98. The molecule has 1 N–H and O–H groups in total. The molecule has 0 aliphatic carbocycles. The molecule has 8 nitrogen and oxygen atoms in total. The average molecular weight is 421 g/mol. The van der Waals surface area contributed by atoms with E-state index in [9.17, 15) is 9.90 Å². The monoisotopic (exact) mass is 421 g/mol. The molecule has 0 aliphatic rings. The quantitative estimate of drug-likeness (QED) is 0.388. The van der Waals surface area contributed by atoms with Crippen LogP contribution in [0.5, 0.6) is 23.5 Å². The summed E-state index contributed by atoms with van der Waals surface area (Å²) in [6.45, 7) is 3.89. The third kappa shape index (κ3) is 5.36. The number of aliphatic carboxylic acids is 1. The van der Waals surface area contributed by atoms with E-state index >= 15 is 0 Å². The van der Waals surface area contributed by atoms with Gasteiger partial charge in [-0.05, 0) is 30.5 Å². The van der Waals surface area contributed by atoms with Crippen LogP contribution in [-0.2, 0) is 16.0 Å². The van der Waals surface area contributed by atoms with Gasteiger partial charge < -0.3 is 19.3 Å². The molecule has 0 saturated carbocycles. The predicted molar refractivity (Wildman–Crippen MR) is 114 cm³/mol. The van der Waals surface area contributed by atoms with Gasteiger partial charge in [0.25, 0.3) is 0 Å². The second-order valence-corrected chi connectivity index (χ2v) is 6.64. The van der Waals surface area contributed by atoms with Crippen LogP contribution in [-0.4, -0.2) is 33.1 Å². The first-order valence-electron chi connectivity index (χ1n) is 9.72. The zero-order valence-corrected chi connectivity index (χ0v) is 17.5. The van der Waals surface area contributed by atoms with Gasteiger partial charge in [0.2, 0.25) is 0 Å². The van der Waals surface area contributed by atoms with Crippen molar-refractivity contribution in [3.05, 3.63) is 71.7 Å². The highest BCUT2D eigenvalue weighted by atomic mass is 16.5. The van der Waals surface area contributed by atoms with Crippen LogP contribution in [0.15, 0.2) is 55.1 Å². The van der Waals surface area contributed by atoms with Crippen LogP contribution in [0, 0.1) is 6.92 Å². The van der Waals surface area contributed by atoms with Gasteiger partial charge in [-0.15, -0.1) is 4.98 Å². The number of nitrogens with zero attached hydrogens (tertiary/aromatic N) is 3. The van der Waals surface area contributed by atoms with Crippen LogP contribution in [0.4, 0.5) is 0 Å². The van der Waals surface area contributed by atoms with Crippen molar-refractivity contribution in [3.8, 4) is 23.5 Å². The molecule has 0 bridgehead atoms. The highest BCUT2D eigenvalue weighted by Crippen LogP contribution is 2.33. The highest BCUT2D eigenvalue weighted by Gasteiger charge is 2.19. The van der Waals surface area contributed by atoms with E-state index in [0.717, 1.165) is 24.7 Å². The molecular weight excluding hydrogens is 398 g/mol. The largest absolute Gasteiger partial charge is 0.503 e. The van der Waals surface area contributed by atoms with Gasteiger partial charge in [0.15, 0.2) is 0 Å². The van der Waals surface area contributed by atoms with Crippen molar-refractivity contribution in [1.82, 2.24) is 15.0 Å². The second-order valence-electron chi connectivity index (χ2n) is 6.64. The Bertz CT molecular complexity index is 1100. The van der Waals surface area contributed by atoms with Gasteiger partial charge in [0, 0.05) is 5.56 Å². The number of aryl methyl sites for hydroxylation is 2. The minimum absolute atomic E-state index is 0.0179. The fourth-order valence-corrected chi connectivity index (χ4v) is 2.98. The topological polar surface area (TPSA) is 104 Å². The number of carboxylic acids is 1. The third-order valence-corrected chi connectivity index (χ3v) is 4.38. The first-order chi connectivity index (χ1) is 15.0. The summed E-state index contributed by atoms with van der Waals surface area (Å²) < 4.78 is 16.7. The molecule has 0 aliphatic heterocycles. The number of hydrogen-bond donors (Lipinski definition) is 1. The Morgan fingerprint density at radius 3 is 2.52 bits per heavy atom. The van der Waals surface area contributed by atoms with Gasteiger partial charge in [0.05, 0.1) is 13.4 Å². The first-order valence-corrected chi connectivity index (χ1v) is 9.72. The minimum atomic E-state index is -1.15. The maximum absolute atomic E-state index is 11.7. The van der Waals surface area contributed by atoms with Gasteiger partial charge in [-0.1, -0.05) is 49.7 Å². The summed E-state index contributed by atoms with van der Waals surface area (Å²) >= 11 is 0. The molecule has 31 heavy (non-hydrogen) atoms. The lowest BCUT2D eigenvalue weighted by Crippen LogP contribution is -2.05. The molecule has 0 unspecified atom stereocenters. The molecule has 0 saturated heterocycles. The number of hydrogen-bond acceptors (Lipinski definition) is 7. The molecule has 2 aromatic carbocycles. The summed E-state index contributed by atoms with van der Waals surface area (Å²) in [5.41, 5.74) is 2.03. The van der Waals surface area contributed by atoms with Gasteiger partial charge in [-0.25, -0.2) is 4.79 Å². The van der Waals surface area contributed by atoms with Gasteiger partial charge in [-0.2, -0.15) is 9.97 Å². The van der Waals surface area contributed by atoms with Crippen LogP contribution in [0.1, 0.15) is 30.0 Å². The standard InChI is InChI=1S/C23H23N3O5/c1-4-8-16-10-5-6-12-19(16)30-22-24-14-25-23(26-22)31-20-15(2)9-7-11-17(20)18(13-29-3)21(27)28/h5-7,9-14H,4,8H2,1-3H3,(H,27,28)/b18-13+. The third-order valence-electron chi connectivity index (χ3n) is 4.38. The summed E-state index contributed by atoms with van der Waals surface area (Å²) in [4.78, 5) is 24.0. The molecule has 3 rings (SSSR count). The molecule has 0 fully saturated rings. The first kappa shape index (κ1) is 21.8. The van der Waals surface area contributed by atoms with E-state index in [-0.39, 0.29) is 17.6 Å². The normalized spacial score (nSPS) is 11.1. The van der Waals surface area contributed by atoms with Crippen molar-refractivity contribution in [1.29, 1.82) is 0 Å². The van der Waals surface area contributed by atoms with Gasteiger partial charge >= 0.3 is 18.0 Å². The highest BCUT2D eigenvalue weighted by molar-refractivity contribution is 6.16. The Kier molecular flexibility index (Phi) is 7.16. The molecule has 0 atom stereocenters. The maximum Gasteiger partial charge on any atom is 0.339 e. The molecule has 0 radical (unpaired) electrons. The van der Waals surface area contributed by atoms with Crippen molar-refractivity contribution in [2.45, 2.75) is 26.7 Å². The van der Waals surface area contributed by atoms with Crippen molar-refractivity contribution >= 4 is 11.5 Å². The summed E-state index contributed by atoms with van der Waals surface area (Å²) in [6.07, 6.45) is 4.27. The van der Waals surface area contributed by atoms with Crippen molar-refractivity contribution in [2.24, 2.45) is 0 Å².